The number of rotatable bonds is 4. The smallest absolute Gasteiger partial charge is 0.243 e. The van der Waals surface area contributed by atoms with Crippen LogP contribution in [-0.4, -0.2) is 36.9 Å². The van der Waals surface area contributed by atoms with Gasteiger partial charge >= 0.3 is 0 Å². The first-order valence-electron chi connectivity index (χ1n) is 7.80. The molecule has 25 heavy (non-hydrogen) atoms. The van der Waals surface area contributed by atoms with Crippen molar-refractivity contribution in [1.29, 1.82) is 0 Å². The summed E-state index contributed by atoms with van der Waals surface area (Å²) in [5.74, 6) is 0.482. The Hall–Kier alpha value is -1.96. The number of aromatic nitrogens is 1. The van der Waals surface area contributed by atoms with Crippen LogP contribution in [0.5, 0.6) is 5.88 Å². The third-order valence-electron chi connectivity index (χ3n) is 4.18. The van der Waals surface area contributed by atoms with Gasteiger partial charge in [-0.25, -0.2) is 13.4 Å². The van der Waals surface area contributed by atoms with Gasteiger partial charge in [-0.1, -0.05) is 30.3 Å². The molecule has 0 bridgehead atoms. The number of hydrogen-bond donors (Lipinski definition) is 0. The minimum Gasteiger partial charge on any atom is -0.471 e. The normalized spacial score (nSPS) is 15.9. The van der Waals surface area contributed by atoms with Gasteiger partial charge in [-0.15, -0.1) is 0 Å². The van der Waals surface area contributed by atoms with Crippen LogP contribution in [0.2, 0.25) is 0 Å². The third-order valence-corrected chi connectivity index (χ3v) is 6.61. The molecule has 0 spiro atoms. The summed E-state index contributed by atoms with van der Waals surface area (Å²) >= 11 is 3.37. The van der Waals surface area contributed by atoms with E-state index >= 15 is 0 Å². The van der Waals surface area contributed by atoms with Gasteiger partial charge in [-0.2, -0.15) is 4.31 Å². The standard InChI is InChI=1S/C18H15BrN2O3S/c19-17-6-3-9-20-18(17)24-15-11-21(12-15)25(22,23)16-8-7-13-4-1-2-5-14(13)10-16/h1-10,15H,11-12H2. The first-order chi connectivity index (χ1) is 12.0. The first-order valence-corrected chi connectivity index (χ1v) is 10.0. The quantitative estimate of drug-likeness (QED) is 0.650. The average Bonchev–Trinajstić information content (AvgIpc) is 2.58. The molecule has 1 saturated heterocycles. The van der Waals surface area contributed by atoms with Crippen molar-refractivity contribution < 1.29 is 13.2 Å². The second-order valence-electron chi connectivity index (χ2n) is 5.86. The highest BCUT2D eigenvalue weighted by Gasteiger charge is 2.38. The van der Waals surface area contributed by atoms with Crippen molar-refractivity contribution in [3.63, 3.8) is 0 Å². The van der Waals surface area contributed by atoms with Crippen LogP contribution in [0.1, 0.15) is 0 Å². The molecule has 3 aromatic rings. The molecule has 2 aromatic carbocycles. The van der Waals surface area contributed by atoms with Crippen LogP contribution in [0.4, 0.5) is 0 Å². The van der Waals surface area contributed by atoms with Crippen molar-refractivity contribution in [1.82, 2.24) is 9.29 Å². The van der Waals surface area contributed by atoms with Gasteiger partial charge < -0.3 is 4.74 Å². The highest BCUT2D eigenvalue weighted by molar-refractivity contribution is 9.10. The minimum absolute atomic E-state index is 0.193. The summed E-state index contributed by atoms with van der Waals surface area (Å²) in [6.45, 7) is 0.635. The lowest BCUT2D eigenvalue weighted by Crippen LogP contribution is -2.56. The third kappa shape index (κ3) is 3.15. The molecule has 4 rings (SSSR count). The lowest BCUT2D eigenvalue weighted by molar-refractivity contribution is 0.0713. The molecule has 1 aromatic heterocycles. The number of benzene rings is 2. The van der Waals surface area contributed by atoms with E-state index in [2.05, 4.69) is 20.9 Å². The van der Waals surface area contributed by atoms with Gasteiger partial charge in [-0.3, -0.25) is 0 Å². The molecule has 5 nitrogen and oxygen atoms in total. The van der Waals surface area contributed by atoms with Crippen LogP contribution in [-0.2, 0) is 10.0 Å². The SMILES string of the molecule is O=S(=O)(c1ccc2ccccc2c1)N1CC(Oc2ncccc2Br)C1. The summed E-state index contributed by atoms with van der Waals surface area (Å²) < 4.78 is 33.5. The van der Waals surface area contributed by atoms with E-state index in [1.165, 1.54) is 4.31 Å². The molecule has 0 unspecified atom stereocenters. The molecule has 0 amide bonds. The van der Waals surface area contributed by atoms with Crippen LogP contribution in [0.25, 0.3) is 10.8 Å². The number of pyridine rings is 1. The van der Waals surface area contributed by atoms with Gasteiger partial charge in [0.1, 0.15) is 6.10 Å². The van der Waals surface area contributed by atoms with Gasteiger partial charge in [0.05, 0.1) is 22.5 Å². The van der Waals surface area contributed by atoms with Crippen LogP contribution in [0, 0.1) is 0 Å². The predicted octanol–water partition coefficient (Wildman–Crippen LogP) is 3.45. The van der Waals surface area contributed by atoms with Gasteiger partial charge in [0.25, 0.3) is 0 Å². The molecule has 1 aliphatic heterocycles. The number of nitrogens with zero attached hydrogens (tertiary/aromatic N) is 2. The van der Waals surface area contributed by atoms with Crippen molar-refractivity contribution in [3.8, 4) is 5.88 Å². The van der Waals surface area contributed by atoms with E-state index in [0.29, 0.717) is 23.9 Å². The van der Waals surface area contributed by atoms with E-state index in [-0.39, 0.29) is 6.10 Å². The second kappa shape index (κ2) is 6.40. The van der Waals surface area contributed by atoms with Crippen molar-refractivity contribution in [3.05, 3.63) is 65.3 Å². The summed E-state index contributed by atoms with van der Waals surface area (Å²) in [7, 11) is -3.51. The van der Waals surface area contributed by atoms with Gasteiger partial charge in [0.2, 0.25) is 15.9 Å². The molecule has 0 aliphatic carbocycles. The number of ether oxygens (including phenoxy) is 1. The number of fused-ring (bicyclic) bond motifs is 1. The zero-order valence-electron chi connectivity index (χ0n) is 13.2. The zero-order valence-corrected chi connectivity index (χ0v) is 15.6. The molecule has 2 heterocycles. The van der Waals surface area contributed by atoms with Crippen LogP contribution < -0.4 is 4.74 Å². The van der Waals surface area contributed by atoms with Crippen molar-refractivity contribution in [2.75, 3.05) is 13.1 Å². The largest absolute Gasteiger partial charge is 0.471 e. The monoisotopic (exact) mass is 418 g/mol. The Morgan fingerprint density at radius 2 is 1.80 bits per heavy atom. The number of hydrogen-bond acceptors (Lipinski definition) is 4. The Kier molecular flexibility index (Phi) is 4.23. The molecular weight excluding hydrogens is 404 g/mol. The molecule has 0 radical (unpaired) electrons. The molecule has 1 fully saturated rings. The van der Waals surface area contributed by atoms with Crippen LogP contribution in [0.3, 0.4) is 0 Å². The highest BCUT2D eigenvalue weighted by atomic mass is 79.9. The van der Waals surface area contributed by atoms with Gasteiger partial charge in [0.15, 0.2) is 0 Å². The molecule has 7 heteroatoms. The summed E-state index contributed by atoms with van der Waals surface area (Å²) in [6.07, 6.45) is 1.45. The summed E-state index contributed by atoms with van der Waals surface area (Å²) in [4.78, 5) is 4.45. The lowest BCUT2D eigenvalue weighted by atomic mass is 10.1. The molecule has 1 aliphatic rings. The van der Waals surface area contributed by atoms with Crippen molar-refractivity contribution in [2.45, 2.75) is 11.0 Å². The molecule has 0 saturated carbocycles. The maximum absolute atomic E-state index is 12.8. The number of sulfonamides is 1. The lowest BCUT2D eigenvalue weighted by Gasteiger charge is -2.37. The summed E-state index contributed by atoms with van der Waals surface area (Å²) in [5.41, 5.74) is 0. The Morgan fingerprint density at radius 1 is 1.04 bits per heavy atom. The fourth-order valence-electron chi connectivity index (χ4n) is 2.76. The van der Waals surface area contributed by atoms with E-state index < -0.39 is 10.0 Å². The predicted molar refractivity (Wildman–Crippen MR) is 99.1 cm³/mol. The average molecular weight is 419 g/mol. The highest BCUT2D eigenvalue weighted by Crippen LogP contribution is 2.28. The van der Waals surface area contributed by atoms with E-state index in [4.69, 9.17) is 4.74 Å². The summed E-state index contributed by atoms with van der Waals surface area (Å²) in [6, 6.07) is 16.6. The summed E-state index contributed by atoms with van der Waals surface area (Å²) in [5, 5.41) is 1.93. The van der Waals surface area contributed by atoms with E-state index in [1.54, 1.807) is 24.4 Å². The van der Waals surface area contributed by atoms with Crippen LogP contribution in [0.15, 0.2) is 70.2 Å². The topological polar surface area (TPSA) is 59.5 Å². The maximum atomic E-state index is 12.8. The molecule has 128 valence electrons. The molecular formula is C18H15BrN2O3S. The molecule has 0 atom stereocenters. The Balaban J connectivity index is 1.49. The fraction of sp³-hybridized carbons (Fsp3) is 0.167. The zero-order chi connectivity index (χ0) is 17.4. The van der Waals surface area contributed by atoms with Crippen LogP contribution >= 0.6 is 15.9 Å². The number of halogens is 1. The Labute approximate surface area is 154 Å². The first kappa shape index (κ1) is 16.5. The Morgan fingerprint density at radius 3 is 2.56 bits per heavy atom. The van der Waals surface area contributed by atoms with E-state index in [9.17, 15) is 8.42 Å². The van der Waals surface area contributed by atoms with Crippen molar-refractivity contribution >= 4 is 36.7 Å². The maximum Gasteiger partial charge on any atom is 0.243 e. The minimum atomic E-state index is -3.51. The van der Waals surface area contributed by atoms with Gasteiger partial charge in [0, 0.05) is 6.20 Å². The van der Waals surface area contributed by atoms with E-state index in [1.807, 2.05) is 36.4 Å². The van der Waals surface area contributed by atoms with E-state index in [0.717, 1.165) is 15.2 Å². The van der Waals surface area contributed by atoms with Gasteiger partial charge in [-0.05, 0) is 51.0 Å². The fourth-order valence-corrected chi connectivity index (χ4v) is 4.65. The Bertz CT molecular complexity index is 1030. The van der Waals surface area contributed by atoms with Crippen molar-refractivity contribution in [2.24, 2.45) is 0 Å². The second-order valence-corrected chi connectivity index (χ2v) is 8.65. The molecule has 0 N–H and O–H groups in total.